The topological polar surface area (TPSA) is 65.2 Å². The number of benzene rings is 1. The number of tetrazole rings is 1. The number of hydrogen-bond donors (Lipinski definition) is 0. The molecule has 6 nitrogen and oxygen atoms in total. The summed E-state index contributed by atoms with van der Waals surface area (Å²) >= 11 is 0. The van der Waals surface area contributed by atoms with Gasteiger partial charge in [-0.15, -0.1) is 14.8 Å². The summed E-state index contributed by atoms with van der Waals surface area (Å²) in [5.74, 6) is 1.20. The van der Waals surface area contributed by atoms with E-state index in [0.29, 0.717) is 11.5 Å². The van der Waals surface area contributed by atoms with Crippen molar-refractivity contribution in [3.63, 3.8) is 0 Å². The highest BCUT2D eigenvalue weighted by molar-refractivity contribution is 5.36. The number of rotatable bonds is 3. The summed E-state index contributed by atoms with van der Waals surface area (Å²) < 4.78 is 6.96. The highest BCUT2D eigenvalue weighted by Gasteiger charge is 2.02. The molecule has 0 amide bonds. The van der Waals surface area contributed by atoms with Crippen molar-refractivity contribution in [1.29, 1.82) is 0 Å². The minimum Gasteiger partial charge on any atom is -0.438 e. The van der Waals surface area contributed by atoms with Crippen LogP contribution in [0.25, 0.3) is 5.65 Å². The van der Waals surface area contributed by atoms with Crippen LogP contribution in [0, 0.1) is 0 Å². The van der Waals surface area contributed by atoms with Gasteiger partial charge >= 0.3 is 0 Å². The largest absolute Gasteiger partial charge is 0.438 e. The zero-order valence-corrected chi connectivity index (χ0v) is 9.82. The lowest BCUT2D eigenvalue weighted by Crippen LogP contribution is -1.97. The normalized spacial score (nSPS) is 10.7. The van der Waals surface area contributed by atoms with E-state index in [2.05, 4.69) is 27.5 Å². The Balaban J connectivity index is 1.85. The van der Waals surface area contributed by atoms with Gasteiger partial charge in [0.1, 0.15) is 5.75 Å². The van der Waals surface area contributed by atoms with Crippen LogP contribution < -0.4 is 4.74 Å². The van der Waals surface area contributed by atoms with Crippen LogP contribution in [-0.2, 0) is 6.42 Å². The van der Waals surface area contributed by atoms with E-state index in [1.165, 1.54) is 10.2 Å². The van der Waals surface area contributed by atoms with Gasteiger partial charge < -0.3 is 4.74 Å². The second-order valence-electron chi connectivity index (χ2n) is 3.80. The second-order valence-corrected chi connectivity index (χ2v) is 3.80. The smallest absolute Gasteiger partial charge is 0.239 e. The first-order valence-corrected chi connectivity index (χ1v) is 5.67. The van der Waals surface area contributed by atoms with E-state index in [1.54, 1.807) is 12.1 Å². The summed E-state index contributed by atoms with van der Waals surface area (Å²) in [5, 5.41) is 15.1. The van der Waals surface area contributed by atoms with Crippen LogP contribution in [0.2, 0.25) is 0 Å². The van der Waals surface area contributed by atoms with Crippen molar-refractivity contribution in [3.05, 3.63) is 42.0 Å². The van der Waals surface area contributed by atoms with Gasteiger partial charge in [0, 0.05) is 6.07 Å². The Morgan fingerprint density at radius 2 is 1.94 bits per heavy atom. The van der Waals surface area contributed by atoms with Crippen molar-refractivity contribution in [2.75, 3.05) is 0 Å². The Morgan fingerprint density at radius 3 is 2.72 bits per heavy atom. The monoisotopic (exact) mass is 241 g/mol. The fraction of sp³-hybridized carbons (Fsp3) is 0.167. The number of ether oxygens (including phenoxy) is 1. The SMILES string of the molecule is CCc1ccc(Oc2ccc3nnnn3n2)cc1. The van der Waals surface area contributed by atoms with Crippen molar-refractivity contribution in [2.45, 2.75) is 13.3 Å². The molecule has 0 aliphatic heterocycles. The molecule has 6 heteroatoms. The van der Waals surface area contributed by atoms with Gasteiger partial charge in [0.2, 0.25) is 5.88 Å². The molecular formula is C12H11N5O. The molecule has 3 rings (SSSR count). The maximum atomic E-state index is 5.63. The molecule has 0 radical (unpaired) electrons. The van der Waals surface area contributed by atoms with Crippen molar-refractivity contribution in [2.24, 2.45) is 0 Å². The summed E-state index contributed by atoms with van der Waals surface area (Å²) in [7, 11) is 0. The number of aromatic nitrogens is 5. The molecule has 2 aromatic heterocycles. The molecule has 0 spiro atoms. The molecular weight excluding hydrogens is 230 g/mol. The molecule has 2 heterocycles. The van der Waals surface area contributed by atoms with Gasteiger partial charge in [-0.2, -0.15) is 0 Å². The van der Waals surface area contributed by atoms with E-state index in [-0.39, 0.29) is 0 Å². The molecule has 0 aliphatic rings. The first-order chi connectivity index (χ1) is 8.85. The highest BCUT2D eigenvalue weighted by Crippen LogP contribution is 2.19. The van der Waals surface area contributed by atoms with E-state index >= 15 is 0 Å². The molecule has 0 saturated carbocycles. The molecule has 90 valence electrons. The van der Waals surface area contributed by atoms with Crippen LogP contribution in [0.15, 0.2) is 36.4 Å². The third-order valence-electron chi connectivity index (χ3n) is 2.60. The highest BCUT2D eigenvalue weighted by atomic mass is 16.5. The average molecular weight is 241 g/mol. The number of hydrogen-bond acceptors (Lipinski definition) is 5. The van der Waals surface area contributed by atoms with Crippen LogP contribution in [0.5, 0.6) is 11.6 Å². The molecule has 0 saturated heterocycles. The molecule has 0 aliphatic carbocycles. The first kappa shape index (κ1) is 10.6. The summed E-state index contributed by atoms with van der Waals surface area (Å²) in [5.41, 5.74) is 1.86. The van der Waals surface area contributed by atoms with Crippen molar-refractivity contribution in [1.82, 2.24) is 25.3 Å². The van der Waals surface area contributed by atoms with Gasteiger partial charge in [-0.25, -0.2) is 0 Å². The van der Waals surface area contributed by atoms with Gasteiger partial charge in [-0.1, -0.05) is 19.1 Å². The lowest BCUT2D eigenvalue weighted by atomic mass is 10.2. The molecule has 0 atom stereocenters. The second kappa shape index (κ2) is 4.40. The van der Waals surface area contributed by atoms with Gasteiger partial charge in [0.25, 0.3) is 0 Å². The third-order valence-corrected chi connectivity index (χ3v) is 2.60. The fourth-order valence-corrected chi connectivity index (χ4v) is 1.60. The Hall–Kier alpha value is -2.50. The minimum atomic E-state index is 0.457. The number of aryl methyl sites for hydroxylation is 1. The molecule has 18 heavy (non-hydrogen) atoms. The van der Waals surface area contributed by atoms with E-state index in [9.17, 15) is 0 Å². The molecule has 0 N–H and O–H groups in total. The Kier molecular flexibility index (Phi) is 2.60. The van der Waals surface area contributed by atoms with Crippen LogP contribution >= 0.6 is 0 Å². The molecule has 0 bridgehead atoms. The summed E-state index contributed by atoms with van der Waals surface area (Å²) in [6.07, 6.45) is 1.01. The fourth-order valence-electron chi connectivity index (χ4n) is 1.60. The third kappa shape index (κ3) is 2.00. The predicted octanol–water partition coefficient (Wildman–Crippen LogP) is 1.87. The van der Waals surface area contributed by atoms with E-state index in [0.717, 1.165) is 12.2 Å². The summed E-state index contributed by atoms with van der Waals surface area (Å²) in [6.45, 7) is 2.11. The first-order valence-electron chi connectivity index (χ1n) is 5.67. The van der Waals surface area contributed by atoms with Gasteiger partial charge in [-0.3, -0.25) is 0 Å². The number of fused-ring (bicyclic) bond motifs is 1. The van der Waals surface area contributed by atoms with Crippen LogP contribution in [0.1, 0.15) is 12.5 Å². The van der Waals surface area contributed by atoms with Gasteiger partial charge in [-0.05, 0) is 40.6 Å². The zero-order chi connectivity index (χ0) is 12.4. The Morgan fingerprint density at radius 1 is 1.11 bits per heavy atom. The maximum Gasteiger partial charge on any atom is 0.239 e. The van der Waals surface area contributed by atoms with Crippen LogP contribution in [0.3, 0.4) is 0 Å². The quantitative estimate of drug-likeness (QED) is 0.700. The van der Waals surface area contributed by atoms with E-state index < -0.39 is 0 Å². The van der Waals surface area contributed by atoms with Crippen molar-refractivity contribution >= 4 is 5.65 Å². The average Bonchev–Trinajstić information content (AvgIpc) is 2.87. The maximum absolute atomic E-state index is 5.63. The van der Waals surface area contributed by atoms with E-state index in [1.807, 2.05) is 24.3 Å². The lowest BCUT2D eigenvalue weighted by molar-refractivity contribution is 0.447. The van der Waals surface area contributed by atoms with Crippen molar-refractivity contribution < 1.29 is 4.74 Å². The molecule has 0 fully saturated rings. The predicted molar refractivity (Wildman–Crippen MR) is 64.5 cm³/mol. The van der Waals surface area contributed by atoms with E-state index in [4.69, 9.17) is 4.74 Å². The zero-order valence-electron chi connectivity index (χ0n) is 9.82. The van der Waals surface area contributed by atoms with Crippen molar-refractivity contribution in [3.8, 4) is 11.6 Å². The van der Waals surface area contributed by atoms with Crippen LogP contribution in [0.4, 0.5) is 0 Å². The lowest BCUT2D eigenvalue weighted by Gasteiger charge is -2.04. The van der Waals surface area contributed by atoms with Crippen LogP contribution in [-0.4, -0.2) is 25.3 Å². The Bertz CT molecular complexity index is 662. The summed E-state index contributed by atoms with van der Waals surface area (Å²) in [4.78, 5) is 0. The minimum absolute atomic E-state index is 0.457. The van der Waals surface area contributed by atoms with Gasteiger partial charge in [0.05, 0.1) is 0 Å². The van der Waals surface area contributed by atoms with Gasteiger partial charge in [0.15, 0.2) is 5.65 Å². The standard InChI is InChI=1S/C12H11N5O/c1-2-9-3-5-10(6-4-9)18-12-8-7-11-13-15-16-17(11)14-12/h3-8H,2H2,1H3. The molecule has 1 aromatic carbocycles. The Labute approximate surface area is 103 Å². The molecule has 3 aromatic rings. The number of nitrogens with zero attached hydrogens (tertiary/aromatic N) is 5. The summed E-state index contributed by atoms with van der Waals surface area (Å²) in [6, 6.07) is 11.4. The molecule has 0 unspecified atom stereocenters.